The van der Waals surface area contributed by atoms with Crippen LogP contribution in [0.3, 0.4) is 0 Å². The Kier molecular flexibility index (Phi) is 3.50. The Hall–Kier alpha value is -3.53. The second kappa shape index (κ2) is 6.02. The zero-order valence-electron chi connectivity index (χ0n) is 14.7. The maximum Gasteiger partial charge on any atom is 0.123 e. The predicted molar refractivity (Wildman–Crippen MR) is 107 cm³/mol. The molecule has 0 aliphatic heterocycles. The van der Waals surface area contributed by atoms with E-state index in [1.165, 1.54) is 12.1 Å². The second-order valence-electron chi connectivity index (χ2n) is 6.64. The summed E-state index contributed by atoms with van der Waals surface area (Å²) in [6, 6.07) is 22.7. The molecule has 0 amide bonds. The molecule has 130 valence electrons. The van der Waals surface area contributed by atoms with Gasteiger partial charge in [0.1, 0.15) is 11.5 Å². The average molecular weight is 353 g/mol. The third-order valence-electron chi connectivity index (χ3n) is 4.78. The molecule has 0 saturated heterocycles. The maximum atomic E-state index is 13.4. The topological polar surface area (TPSA) is 30.7 Å². The Balaban J connectivity index is 1.90. The van der Waals surface area contributed by atoms with Crippen LogP contribution in [0.1, 0.15) is 5.56 Å². The van der Waals surface area contributed by atoms with E-state index in [9.17, 15) is 4.39 Å². The van der Waals surface area contributed by atoms with E-state index in [-0.39, 0.29) is 5.82 Å². The van der Waals surface area contributed by atoms with Crippen LogP contribution in [0.2, 0.25) is 0 Å². The van der Waals surface area contributed by atoms with Crippen LogP contribution in [-0.4, -0.2) is 14.8 Å². The molecule has 5 aromatic rings. The van der Waals surface area contributed by atoms with E-state index in [1.54, 1.807) is 12.1 Å². The molecule has 2 aromatic heterocycles. The number of pyridine rings is 1. The zero-order valence-corrected chi connectivity index (χ0v) is 14.7. The van der Waals surface area contributed by atoms with Crippen LogP contribution in [0.4, 0.5) is 4.39 Å². The number of benzene rings is 3. The molecule has 3 aromatic carbocycles. The van der Waals surface area contributed by atoms with Gasteiger partial charge < -0.3 is 0 Å². The molecule has 4 heteroatoms. The highest BCUT2D eigenvalue weighted by atomic mass is 19.1. The lowest BCUT2D eigenvalue weighted by Gasteiger charge is -2.06. The van der Waals surface area contributed by atoms with E-state index in [4.69, 9.17) is 5.10 Å². The zero-order chi connectivity index (χ0) is 18.4. The summed E-state index contributed by atoms with van der Waals surface area (Å²) in [6.07, 6.45) is 1.88. The Morgan fingerprint density at radius 1 is 0.852 bits per heavy atom. The molecule has 27 heavy (non-hydrogen) atoms. The molecule has 0 fully saturated rings. The number of halogens is 1. The van der Waals surface area contributed by atoms with Crippen LogP contribution in [0, 0.1) is 12.7 Å². The third kappa shape index (κ3) is 2.57. The molecule has 0 aliphatic carbocycles. The Labute approximate surface area is 155 Å². The van der Waals surface area contributed by atoms with Gasteiger partial charge in [0.2, 0.25) is 0 Å². The molecule has 0 saturated carbocycles. The Morgan fingerprint density at radius 2 is 1.63 bits per heavy atom. The normalized spacial score (nSPS) is 11.3. The summed E-state index contributed by atoms with van der Waals surface area (Å²) in [4.78, 5) is 4.66. The number of nitrogens with zero attached hydrogens (tertiary/aromatic N) is 3. The Morgan fingerprint density at radius 3 is 2.41 bits per heavy atom. The summed E-state index contributed by atoms with van der Waals surface area (Å²) in [5.74, 6) is -0.263. The molecular formula is C23H16FN3. The number of hydrogen-bond donors (Lipinski definition) is 0. The highest BCUT2D eigenvalue weighted by Crippen LogP contribution is 2.33. The van der Waals surface area contributed by atoms with Gasteiger partial charge in [-0.15, -0.1) is 0 Å². The summed E-state index contributed by atoms with van der Waals surface area (Å²) >= 11 is 0. The molecule has 0 radical (unpaired) electrons. The minimum atomic E-state index is -0.263. The first-order valence-electron chi connectivity index (χ1n) is 8.80. The van der Waals surface area contributed by atoms with Crippen molar-refractivity contribution in [3.8, 4) is 16.9 Å². The van der Waals surface area contributed by atoms with Crippen molar-refractivity contribution in [2.75, 3.05) is 0 Å². The van der Waals surface area contributed by atoms with Crippen molar-refractivity contribution < 1.29 is 4.39 Å². The monoisotopic (exact) mass is 353 g/mol. The number of fused-ring (bicyclic) bond motifs is 3. The van der Waals surface area contributed by atoms with Gasteiger partial charge in [-0.25, -0.2) is 9.07 Å². The van der Waals surface area contributed by atoms with Gasteiger partial charge in [0.25, 0.3) is 0 Å². The lowest BCUT2D eigenvalue weighted by Crippen LogP contribution is -1.97. The van der Waals surface area contributed by atoms with E-state index in [0.717, 1.165) is 44.3 Å². The lowest BCUT2D eigenvalue weighted by molar-refractivity contribution is 0.627. The quantitative estimate of drug-likeness (QED) is 0.408. The average Bonchev–Trinajstić information content (AvgIpc) is 3.09. The minimum Gasteiger partial charge on any atom is -0.255 e. The standard InChI is InChI=1S/C23H16FN3/c1-15-7-12-19-21(13-15)25-14-20-22(16-5-3-2-4-6-16)26-27(23(19)20)18-10-8-17(24)9-11-18/h2-14H,1H3. The van der Waals surface area contributed by atoms with E-state index < -0.39 is 0 Å². The van der Waals surface area contributed by atoms with Crippen LogP contribution >= 0.6 is 0 Å². The smallest absolute Gasteiger partial charge is 0.123 e. The van der Waals surface area contributed by atoms with Crippen molar-refractivity contribution in [3.63, 3.8) is 0 Å². The summed E-state index contributed by atoms with van der Waals surface area (Å²) in [5, 5.41) is 6.89. The van der Waals surface area contributed by atoms with Crippen molar-refractivity contribution in [2.24, 2.45) is 0 Å². The summed E-state index contributed by atoms with van der Waals surface area (Å²) in [6.45, 7) is 2.05. The number of aryl methyl sites for hydroxylation is 1. The van der Waals surface area contributed by atoms with Crippen LogP contribution < -0.4 is 0 Å². The van der Waals surface area contributed by atoms with Gasteiger partial charge in [-0.05, 0) is 42.8 Å². The van der Waals surface area contributed by atoms with Crippen molar-refractivity contribution in [1.29, 1.82) is 0 Å². The molecule has 2 heterocycles. The maximum absolute atomic E-state index is 13.4. The molecule has 0 unspecified atom stereocenters. The lowest BCUT2D eigenvalue weighted by atomic mass is 10.1. The first kappa shape index (κ1) is 15.7. The third-order valence-corrected chi connectivity index (χ3v) is 4.78. The first-order valence-corrected chi connectivity index (χ1v) is 8.80. The van der Waals surface area contributed by atoms with Crippen LogP contribution in [0.5, 0.6) is 0 Å². The van der Waals surface area contributed by atoms with E-state index in [0.29, 0.717) is 0 Å². The molecule has 0 aliphatic rings. The van der Waals surface area contributed by atoms with Gasteiger partial charge in [0.15, 0.2) is 0 Å². The molecule has 0 bridgehead atoms. The summed E-state index contributed by atoms with van der Waals surface area (Å²) < 4.78 is 15.3. The van der Waals surface area contributed by atoms with Crippen LogP contribution in [-0.2, 0) is 0 Å². The number of rotatable bonds is 2. The van der Waals surface area contributed by atoms with E-state index >= 15 is 0 Å². The highest BCUT2D eigenvalue weighted by Gasteiger charge is 2.17. The fourth-order valence-corrected chi connectivity index (χ4v) is 3.47. The fourth-order valence-electron chi connectivity index (χ4n) is 3.47. The minimum absolute atomic E-state index is 0.263. The predicted octanol–water partition coefficient (Wildman–Crippen LogP) is 5.69. The van der Waals surface area contributed by atoms with E-state index in [1.807, 2.05) is 41.2 Å². The van der Waals surface area contributed by atoms with Crippen molar-refractivity contribution >= 4 is 21.8 Å². The Bertz CT molecular complexity index is 1270. The second-order valence-corrected chi connectivity index (χ2v) is 6.64. The largest absolute Gasteiger partial charge is 0.255 e. The molecule has 5 rings (SSSR count). The van der Waals surface area contributed by atoms with Gasteiger partial charge in [0, 0.05) is 22.5 Å². The summed E-state index contributed by atoms with van der Waals surface area (Å²) in [5.41, 5.74) is 5.76. The highest BCUT2D eigenvalue weighted by molar-refractivity contribution is 6.08. The van der Waals surface area contributed by atoms with Crippen LogP contribution in [0.25, 0.3) is 38.8 Å². The fraction of sp³-hybridized carbons (Fsp3) is 0.0435. The molecule has 0 spiro atoms. The van der Waals surface area contributed by atoms with Gasteiger partial charge in [-0.3, -0.25) is 4.98 Å². The SMILES string of the molecule is Cc1ccc2c(c1)ncc1c(-c3ccccc3)nn(-c3ccc(F)cc3)c12. The number of aromatic nitrogens is 3. The first-order chi connectivity index (χ1) is 13.2. The van der Waals surface area contributed by atoms with Crippen molar-refractivity contribution in [2.45, 2.75) is 6.92 Å². The summed E-state index contributed by atoms with van der Waals surface area (Å²) in [7, 11) is 0. The van der Waals surface area contributed by atoms with Gasteiger partial charge in [0.05, 0.1) is 16.7 Å². The molecule has 0 atom stereocenters. The van der Waals surface area contributed by atoms with Gasteiger partial charge in [-0.1, -0.05) is 42.5 Å². The van der Waals surface area contributed by atoms with Crippen LogP contribution in [0.15, 0.2) is 79.0 Å². The number of hydrogen-bond acceptors (Lipinski definition) is 2. The molecular weight excluding hydrogens is 337 g/mol. The van der Waals surface area contributed by atoms with Crippen molar-refractivity contribution in [3.05, 3.63) is 90.4 Å². The van der Waals surface area contributed by atoms with Gasteiger partial charge in [-0.2, -0.15) is 5.10 Å². The molecule has 3 nitrogen and oxygen atoms in total. The van der Waals surface area contributed by atoms with E-state index in [2.05, 4.69) is 30.1 Å². The van der Waals surface area contributed by atoms with Crippen molar-refractivity contribution in [1.82, 2.24) is 14.8 Å². The molecule has 0 N–H and O–H groups in total. The van der Waals surface area contributed by atoms with Gasteiger partial charge >= 0.3 is 0 Å².